The van der Waals surface area contributed by atoms with Gasteiger partial charge in [0, 0.05) is 24.3 Å². The number of nitrogens with two attached hydrogens (primary N) is 1. The molecule has 4 nitrogen and oxygen atoms in total. The third kappa shape index (κ3) is 3.53. The van der Waals surface area contributed by atoms with E-state index in [0.717, 1.165) is 18.0 Å². The highest BCUT2D eigenvalue weighted by Gasteiger charge is 2.24. The fraction of sp³-hybridized carbons (Fsp3) is 0.538. The minimum absolute atomic E-state index is 0.0322. The number of amides is 1. The molecule has 0 aliphatic heterocycles. The number of carbonyl (C=O) groups excluding carboxylic acids is 1. The van der Waals surface area contributed by atoms with Crippen molar-refractivity contribution in [3.05, 3.63) is 29.6 Å². The molecule has 1 amide bonds. The molecule has 3 N–H and O–H groups in total. The van der Waals surface area contributed by atoms with E-state index in [4.69, 9.17) is 5.73 Å². The van der Waals surface area contributed by atoms with E-state index in [0.29, 0.717) is 12.1 Å². The summed E-state index contributed by atoms with van der Waals surface area (Å²) in [4.78, 5) is 16.0. The Balaban J connectivity index is 1.92. The van der Waals surface area contributed by atoms with Gasteiger partial charge in [0.05, 0.1) is 5.69 Å². The van der Waals surface area contributed by atoms with Crippen molar-refractivity contribution >= 4 is 5.91 Å². The van der Waals surface area contributed by atoms with Crippen molar-refractivity contribution in [1.82, 2.24) is 10.3 Å². The molecule has 0 radical (unpaired) electrons. The molecule has 0 saturated heterocycles. The van der Waals surface area contributed by atoms with Crippen LogP contribution in [0.2, 0.25) is 0 Å². The quantitative estimate of drug-likeness (QED) is 0.809. The van der Waals surface area contributed by atoms with Crippen LogP contribution in [0.3, 0.4) is 0 Å². The SMILES string of the molecule is CC(CC1CC1)NC(=O)c1ccnc(CN)c1. The standard InChI is InChI=1S/C13H19N3O/c1-9(6-10-2-3-10)16-13(17)11-4-5-15-12(7-11)8-14/h4-5,7,9-10H,2-3,6,8,14H2,1H3,(H,16,17). The molecule has 0 spiro atoms. The van der Waals surface area contributed by atoms with E-state index in [1.54, 1.807) is 18.3 Å². The van der Waals surface area contributed by atoms with Crippen LogP contribution in [0.1, 0.15) is 42.2 Å². The average Bonchev–Trinajstić information content (AvgIpc) is 3.12. The van der Waals surface area contributed by atoms with E-state index in [2.05, 4.69) is 17.2 Å². The van der Waals surface area contributed by atoms with Gasteiger partial charge in [-0.1, -0.05) is 12.8 Å². The fourth-order valence-corrected chi connectivity index (χ4v) is 1.95. The highest BCUT2D eigenvalue weighted by molar-refractivity contribution is 5.94. The van der Waals surface area contributed by atoms with Crippen LogP contribution in [0.4, 0.5) is 0 Å². The van der Waals surface area contributed by atoms with Crippen LogP contribution in [0.15, 0.2) is 18.3 Å². The fourth-order valence-electron chi connectivity index (χ4n) is 1.95. The third-order valence-electron chi connectivity index (χ3n) is 3.05. The van der Waals surface area contributed by atoms with Crippen molar-refractivity contribution in [2.24, 2.45) is 11.7 Å². The van der Waals surface area contributed by atoms with Gasteiger partial charge in [-0.15, -0.1) is 0 Å². The minimum atomic E-state index is -0.0322. The smallest absolute Gasteiger partial charge is 0.251 e. The zero-order chi connectivity index (χ0) is 12.3. The number of nitrogens with zero attached hydrogens (tertiary/aromatic N) is 1. The second-order valence-electron chi connectivity index (χ2n) is 4.79. The molecule has 1 unspecified atom stereocenters. The van der Waals surface area contributed by atoms with Gasteiger partial charge in [-0.2, -0.15) is 0 Å². The molecule has 92 valence electrons. The Morgan fingerprint density at radius 2 is 2.41 bits per heavy atom. The van der Waals surface area contributed by atoms with E-state index in [1.165, 1.54) is 12.8 Å². The summed E-state index contributed by atoms with van der Waals surface area (Å²) >= 11 is 0. The molecule has 1 saturated carbocycles. The van der Waals surface area contributed by atoms with Gasteiger partial charge in [0.25, 0.3) is 5.91 Å². The second-order valence-corrected chi connectivity index (χ2v) is 4.79. The number of aromatic nitrogens is 1. The average molecular weight is 233 g/mol. The summed E-state index contributed by atoms with van der Waals surface area (Å²) in [5.41, 5.74) is 6.88. The summed E-state index contributed by atoms with van der Waals surface area (Å²) in [7, 11) is 0. The van der Waals surface area contributed by atoms with Crippen molar-refractivity contribution in [3.63, 3.8) is 0 Å². The van der Waals surface area contributed by atoms with Gasteiger partial charge in [0.15, 0.2) is 0 Å². The van der Waals surface area contributed by atoms with E-state index in [-0.39, 0.29) is 11.9 Å². The van der Waals surface area contributed by atoms with Gasteiger partial charge in [-0.3, -0.25) is 9.78 Å². The third-order valence-corrected chi connectivity index (χ3v) is 3.05. The summed E-state index contributed by atoms with van der Waals surface area (Å²) in [5, 5.41) is 3.01. The first-order valence-electron chi connectivity index (χ1n) is 6.15. The van der Waals surface area contributed by atoms with Gasteiger partial charge in [0.2, 0.25) is 0 Å². The summed E-state index contributed by atoms with van der Waals surface area (Å²) in [6.07, 6.45) is 5.34. The van der Waals surface area contributed by atoms with Crippen molar-refractivity contribution in [2.75, 3.05) is 0 Å². The molecule has 0 bridgehead atoms. The summed E-state index contributed by atoms with van der Waals surface area (Å²) in [5.74, 6) is 0.789. The predicted molar refractivity (Wildman–Crippen MR) is 66.4 cm³/mol. The van der Waals surface area contributed by atoms with Crippen LogP contribution in [-0.2, 0) is 6.54 Å². The minimum Gasteiger partial charge on any atom is -0.350 e. The van der Waals surface area contributed by atoms with E-state index >= 15 is 0 Å². The molecule has 1 aliphatic rings. The Morgan fingerprint density at radius 1 is 1.65 bits per heavy atom. The number of rotatable bonds is 5. The Labute approximate surface area is 102 Å². The van der Waals surface area contributed by atoms with Crippen molar-refractivity contribution in [3.8, 4) is 0 Å². The van der Waals surface area contributed by atoms with Gasteiger partial charge in [0.1, 0.15) is 0 Å². The molecule has 0 aromatic carbocycles. The van der Waals surface area contributed by atoms with Crippen LogP contribution in [-0.4, -0.2) is 16.9 Å². The van der Waals surface area contributed by atoms with Gasteiger partial charge in [-0.05, 0) is 31.4 Å². The number of hydrogen-bond acceptors (Lipinski definition) is 3. The predicted octanol–water partition coefficient (Wildman–Crippen LogP) is 1.46. The summed E-state index contributed by atoms with van der Waals surface area (Å²) in [6, 6.07) is 3.71. The summed E-state index contributed by atoms with van der Waals surface area (Å²) < 4.78 is 0. The molecule has 1 heterocycles. The maximum Gasteiger partial charge on any atom is 0.251 e. The molecule has 1 aromatic heterocycles. The number of nitrogens with one attached hydrogen (secondary N) is 1. The zero-order valence-electron chi connectivity index (χ0n) is 10.1. The van der Waals surface area contributed by atoms with E-state index < -0.39 is 0 Å². The second kappa shape index (κ2) is 5.27. The topological polar surface area (TPSA) is 68.0 Å². The highest BCUT2D eigenvalue weighted by Crippen LogP contribution is 2.33. The Bertz CT molecular complexity index is 401. The maximum absolute atomic E-state index is 11.9. The number of pyridine rings is 1. The molecule has 1 aromatic rings. The highest BCUT2D eigenvalue weighted by atomic mass is 16.1. The van der Waals surface area contributed by atoms with E-state index in [1.807, 2.05) is 0 Å². The molecule has 2 rings (SSSR count). The lowest BCUT2D eigenvalue weighted by atomic mass is 10.1. The monoisotopic (exact) mass is 233 g/mol. The van der Waals surface area contributed by atoms with Crippen LogP contribution >= 0.6 is 0 Å². The maximum atomic E-state index is 11.9. The lowest BCUT2D eigenvalue weighted by molar-refractivity contribution is 0.0937. The van der Waals surface area contributed by atoms with Crippen molar-refractivity contribution < 1.29 is 4.79 Å². The van der Waals surface area contributed by atoms with Crippen molar-refractivity contribution in [1.29, 1.82) is 0 Å². The Kier molecular flexibility index (Phi) is 3.74. The van der Waals surface area contributed by atoms with Crippen LogP contribution in [0, 0.1) is 5.92 Å². The molecule has 1 fully saturated rings. The number of carbonyl (C=O) groups is 1. The first-order valence-corrected chi connectivity index (χ1v) is 6.15. The van der Waals surface area contributed by atoms with E-state index in [9.17, 15) is 4.79 Å². The molecular weight excluding hydrogens is 214 g/mol. The van der Waals surface area contributed by atoms with Crippen LogP contribution < -0.4 is 11.1 Å². The molecular formula is C13H19N3O. The molecule has 4 heteroatoms. The van der Waals surface area contributed by atoms with Crippen LogP contribution in [0.5, 0.6) is 0 Å². The van der Waals surface area contributed by atoms with Gasteiger partial charge >= 0.3 is 0 Å². The molecule has 1 atom stereocenters. The number of hydrogen-bond donors (Lipinski definition) is 2. The van der Waals surface area contributed by atoms with Gasteiger partial charge < -0.3 is 11.1 Å². The first kappa shape index (κ1) is 12.0. The lowest BCUT2D eigenvalue weighted by Crippen LogP contribution is -2.33. The normalized spacial score (nSPS) is 16.6. The van der Waals surface area contributed by atoms with Crippen molar-refractivity contribution in [2.45, 2.75) is 38.8 Å². The summed E-state index contributed by atoms with van der Waals surface area (Å²) in [6.45, 7) is 2.42. The Morgan fingerprint density at radius 3 is 3.06 bits per heavy atom. The Hall–Kier alpha value is -1.42. The zero-order valence-corrected chi connectivity index (χ0v) is 10.1. The largest absolute Gasteiger partial charge is 0.350 e. The molecule has 17 heavy (non-hydrogen) atoms. The van der Waals surface area contributed by atoms with Gasteiger partial charge in [-0.25, -0.2) is 0 Å². The molecule has 1 aliphatic carbocycles. The first-order chi connectivity index (χ1) is 8.19. The van der Waals surface area contributed by atoms with Crippen LogP contribution in [0.25, 0.3) is 0 Å². The lowest BCUT2D eigenvalue weighted by Gasteiger charge is -2.13.